The van der Waals surface area contributed by atoms with Gasteiger partial charge in [0, 0.05) is 5.41 Å². The lowest BCUT2D eigenvalue weighted by atomic mass is 9.89. The van der Waals surface area contributed by atoms with Crippen molar-refractivity contribution < 1.29 is 0 Å². The summed E-state index contributed by atoms with van der Waals surface area (Å²) < 4.78 is 1.34. The Balaban J connectivity index is 3.11. The summed E-state index contributed by atoms with van der Waals surface area (Å²) in [4.78, 5) is 0. The molecule has 0 aromatic carbocycles. The summed E-state index contributed by atoms with van der Waals surface area (Å²) in [5.74, 6) is 6.61. The molecule has 0 spiro atoms. The second-order valence-corrected chi connectivity index (χ2v) is 3.49. The summed E-state index contributed by atoms with van der Waals surface area (Å²) >= 11 is 0. The minimum Gasteiger partial charge on any atom is -0.366 e. The first-order chi connectivity index (χ1) is 5.49. The predicted molar refractivity (Wildman–Crippen MR) is 47.9 cm³/mol. The van der Waals surface area contributed by atoms with E-state index in [-0.39, 0.29) is 11.4 Å². The summed E-state index contributed by atoms with van der Waals surface area (Å²) in [5, 5.41) is 7.62. The van der Waals surface area contributed by atoms with Crippen LogP contribution in [-0.4, -0.2) is 14.9 Å². The van der Waals surface area contributed by atoms with Crippen LogP contribution in [0, 0.1) is 0 Å². The van der Waals surface area contributed by atoms with Crippen molar-refractivity contribution in [2.75, 3.05) is 11.6 Å². The van der Waals surface area contributed by atoms with Gasteiger partial charge in [-0.2, -0.15) is 0 Å². The monoisotopic (exact) mass is 169 g/mol. The Morgan fingerprint density at radius 1 is 1.42 bits per heavy atom. The van der Waals surface area contributed by atoms with Crippen molar-refractivity contribution in [3.8, 4) is 0 Å². The number of aromatic nitrogens is 3. The van der Waals surface area contributed by atoms with Crippen LogP contribution in [0.1, 0.15) is 33.0 Å². The topological polar surface area (TPSA) is 82.8 Å². The lowest BCUT2D eigenvalue weighted by Gasteiger charge is -2.20. The van der Waals surface area contributed by atoms with Gasteiger partial charge in [-0.15, -0.1) is 10.2 Å². The fraction of sp³-hybridized carbons (Fsp3) is 0.714. The third-order valence-corrected chi connectivity index (χ3v) is 2.21. The average molecular weight is 169 g/mol. The summed E-state index contributed by atoms with van der Waals surface area (Å²) in [6.07, 6.45) is 0.947. The smallest absolute Gasteiger partial charge is 0.240 e. The third kappa shape index (κ3) is 1.22. The van der Waals surface area contributed by atoms with Crippen LogP contribution in [0.5, 0.6) is 0 Å². The van der Waals surface area contributed by atoms with E-state index in [2.05, 4.69) is 31.0 Å². The quantitative estimate of drug-likeness (QED) is 0.622. The lowest BCUT2D eigenvalue weighted by molar-refractivity contribution is 0.460. The zero-order chi connectivity index (χ0) is 9.35. The van der Waals surface area contributed by atoms with Crippen LogP contribution in [0.2, 0.25) is 0 Å². The molecular weight excluding hydrogens is 154 g/mol. The number of anilines is 1. The summed E-state index contributed by atoms with van der Waals surface area (Å²) in [5.41, 5.74) is 5.39. The van der Waals surface area contributed by atoms with E-state index in [4.69, 9.17) is 11.6 Å². The zero-order valence-corrected chi connectivity index (χ0v) is 7.70. The highest BCUT2D eigenvalue weighted by molar-refractivity contribution is 5.20. The van der Waals surface area contributed by atoms with Gasteiger partial charge in [0.05, 0.1) is 0 Å². The van der Waals surface area contributed by atoms with Crippen molar-refractivity contribution in [3.05, 3.63) is 5.82 Å². The highest BCUT2D eigenvalue weighted by atomic mass is 15.4. The highest BCUT2D eigenvalue weighted by Gasteiger charge is 2.25. The van der Waals surface area contributed by atoms with E-state index in [0.717, 1.165) is 12.2 Å². The van der Waals surface area contributed by atoms with Crippen LogP contribution in [0.3, 0.4) is 0 Å². The first-order valence-corrected chi connectivity index (χ1v) is 3.95. The molecule has 0 saturated carbocycles. The summed E-state index contributed by atoms with van der Waals surface area (Å²) in [6.45, 7) is 6.19. The second-order valence-electron chi connectivity index (χ2n) is 3.49. The minimum atomic E-state index is -0.0701. The van der Waals surface area contributed by atoms with Crippen molar-refractivity contribution in [2.24, 2.45) is 0 Å². The van der Waals surface area contributed by atoms with Gasteiger partial charge in [-0.1, -0.05) is 20.8 Å². The average Bonchev–Trinajstić information content (AvgIpc) is 2.33. The molecule has 0 aliphatic rings. The SMILES string of the molecule is CCC(C)(C)c1nnc(N)n1N. The van der Waals surface area contributed by atoms with Crippen molar-refractivity contribution >= 4 is 5.95 Å². The molecule has 1 aromatic rings. The van der Waals surface area contributed by atoms with Gasteiger partial charge in [0.25, 0.3) is 0 Å². The van der Waals surface area contributed by atoms with E-state index >= 15 is 0 Å². The number of hydrogen-bond acceptors (Lipinski definition) is 4. The molecule has 0 saturated heterocycles. The van der Waals surface area contributed by atoms with Gasteiger partial charge in [0.1, 0.15) is 0 Å². The standard InChI is InChI=1S/C7H15N5/c1-4-7(2,3)5-10-11-6(8)12(5)9/h4,9H2,1-3H3,(H2,8,11). The van der Waals surface area contributed by atoms with E-state index in [0.29, 0.717) is 0 Å². The molecule has 68 valence electrons. The molecule has 4 N–H and O–H groups in total. The molecule has 12 heavy (non-hydrogen) atoms. The van der Waals surface area contributed by atoms with Crippen LogP contribution >= 0.6 is 0 Å². The van der Waals surface area contributed by atoms with E-state index in [1.165, 1.54) is 4.68 Å². The highest BCUT2D eigenvalue weighted by Crippen LogP contribution is 2.24. The maximum Gasteiger partial charge on any atom is 0.240 e. The first-order valence-electron chi connectivity index (χ1n) is 3.95. The summed E-state index contributed by atoms with van der Waals surface area (Å²) in [7, 11) is 0. The summed E-state index contributed by atoms with van der Waals surface area (Å²) in [6, 6.07) is 0. The van der Waals surface area contributed by atoms with Crippen molar-refractivity contribution in [1.82, 2.24) is 14.9 Å². The molecule has 1 rings (SSSR count). The predicted octanol–water partition coefficient (Wildman–Crippen LogP) is 0.262. The Bertz CT molecular complexity index is 275. The van der Waals surface area contributed by atoms with E-state index < -0.39 is 0 Å². The Labute approximate surface area is 71.7 Å². The molecule has 0 bridgehead atoms. The van der Waals surface area contributed by atoms with E-state index in [1.807, 2.05) is 0 Å². The molecule has 5 heteroatoms. The minimum absolute atomic E-state index is 0.0701. The fourth-order valence-electron chi connectivity index (χ4n) is 0.923. The third-order valence-electron chi connectivity index (χ3n) is 2.21. The van der Waals surface area contributed by atoms with Crippen LogP contribution < -0.4 is 11.6 Å². The van der Waals surface area contributed by atoms with E-state index in [9.17, 15) is 0 Å². The van der Waals surface area contributed by atoms with Crippen LogP contribution in [0.25, 0.3) is 0 Å². The molecule has 0 aliphatic carbocycles. The molecule has 5 nitrogen and oxygen atoms in total. The van der Waals surface area contributed by atoms with Gasteiger partial charge in [-0.3, -0.25) is 0 Å². The molecule has 1 heterocycles. The van der Waals surface area contributed by atoms with Gasteiger partial charge in [0.15, 0.2) is 5.82 Å². The molecule has 0 radical (unpaired) electrons. The van der Waals surface area contributed by atoms with Gasteiger partial charge in [-0.25, -0.2) is 4.68 Å². The van der Waals surface area contributed by atoms with Crippen molar-refractivity contribution in [2.45, 2.75) is 32.6 Å². The lowest BCUT2D eigenvalue weighted by Crippen LogP contribution is -2.26. The van der Waals surface area contributed by atoms with Crippen LogP contribution in [0.15, 0.2) is 0 Å². The second kappa shape index (κ2) is 2.66. The van der Waals surface area contributed by atoms with E-state index in [1.54, 1.807) is 0 Å². The number of nitrogens with zero attached hydrogens (tertiary/aromatic N) is 3. The maximum absolute atomic E-state index is 5.63. The Kier molecular flexibility index (Phi) is 1.95. The van der Waals surface area contributed by atoms with Crippen LogP contribution in [-0.2, 0) is 5.41 Å². The maximum atomic E-state index is 5.63. The molecule has 0 unspecified atom stereocenters. The van der Waals surface area contributed by atoms with Gasteiger partial charge >= 0.3 is 0 Å². The number of nitrogens with two attached hydrogens (primary N) is 2. The van der Waals surface area contributed by atoms with Crippen molar-refractivity contribution in [3.63, 3.8) is 0 Å². The van der Waals surface area contributed by atoms with Gasteiger partial charge < -0.3 is 11.6 Å². The Hall–Kier alpha value is -1.26. The fourth-order valence-corrected chi connectivity index (χ4v) is 0.923. The molecule has 0 amide bonds. The first kappa shape index (κ1) is 8.83. The normalized spacial score (nSPS) is 11.9. The molecule has 1 aromatic heterocycles. The Morgan fingerprint density at radius 2 is 2.00 bits per heavy atom. The van der Waals surface area contributed by atoms with Crippen molar-refractivity contribution in [1.29, 1.82) is 0 Å². The zero-order valence-electron chi connectivity index (χ0n) is 7.70. The van der Waals surface area contributed by atoms with Crippen LogP contribution in [0.4, 0.5) is 5.95 Å². The number of nitrogen functional groups attached to an aromatic ring is 2. The molecule has 0 aliphatic heterocycles. The molecule has 0 atom stereocenters. The molecular formula is C7H15N5. The van der Waals surface area contributed by atoms with Gasteiger partial charge in [-0.05, 0) is 6.42 Å². The molecule has 0 fully saturated rings. The van der Waals surface area contributed by atoms with Gasteiger partial charge in [0.2, 0.25) is 5.95 Å². The number of rotatable bonds is 2. The Morgan fingerprint density at radius 3 is 2.33 bits per heavy atom. The number of hydrogen-bond donors (Lipinski definition) is 2. The largest absolute Gasteiger partial charge is 0.366 e.